The zero-order valence-corrected chi connectivity index (χ0v) is 18.0. The summed E-state index contributed by atoms with van der Waals surface area (Å²) in [5, 5.41) is 31.1. The van der Waals surface area contributed by atoms with Gasteiger partial charge in [-0.1, -0.05) is 48.5 Å². The van der Waals surface area contributed by atoms with E-state index in [1.165, 1.54) is 11.3 Å². The first-order valence-corrected chi connectivity index (χ1v) is 10.9. The minimum Gasteiger partial charge on any atom is -0.493 e. The van der Waals surface area contributed by atoms with E-state index < -0.39 is 5.97 Å². The Morgan fingerprint density at radius 2 is 1.94 bits per heavy atom. The second-order valence-electron chi connectivity index (χ2n) is 6.29. The van der Waals surface area contributed by atoms with Crippen molar-refractivity contribution in [3.05, 3.63) is 60.2 Å². The number of carbonyl (C=O) groups is 1. The van der Waals surface area contributed by atoms with E-state index in [0.717, 1.165) is 22.8 Å². The summed E-state index contributed by atoms with van der Waals surface area (Å²) in [5.41, 5.74) is 2.61. The summed E-state index contributed by atoms with van der Waals surface area (Å²) >= 11 is 2.14. The highest BCUT2D eigenvalue weighted by Crippen LogP contribution is 2.48. The molecule has 2 aromatic carbocycles. The van der Waals surface area contributed by atoms with E-state index >= 15 is 0 Å². The molecule has 0 saturated carbocycles. The number of fused-ring (bicyclic) bond motifs is 1. The van der Waals surface area contributed by atoms with Crippen molar-refractivity contribution >= 4 is 50.7 Å². The van der Waals surface area contributed by atoms with Crippen LogP contribution in [0, 0.1) is 10.7 Å². The van der Waals surface area contributed by atoms with E-state index in [-0.39, 0.29) is 23.7 Å². The average Bonchev–Trinajstić information content (AvgIpc) is 3.30. The summed E-state index contributed by atoms with van der Waals surface area (Å²) in [6.45, 7) is 1.92. The number of aromatic nitrogens is 1. The molecule has 0 amide bonds. The minimum absolute atomic E-state index is 0.117. The molecule has 0 atom stereocenters. The Labute approximate surface area is 186 Å². The van der Waals surface area contributed by atoms with Crippen LogP contribution in [0.3, 0.4) is 0 Å². The van der Waals surface area contributed by atoms with Gasteiger partial charge >= 0.3 is 5.97 Å². The third-order valence-electron chi connectivity index (χ3n) is 4.44. The van der Waals surface area contributed by atoms with E-state index in [1.54, 1.807) is 6.92 Å². The van der Waals surface area contributed by atoms with Crippen LogP contribution in [-0.2, 0) is 4.74 Å². The Morgan fingerprint density at radius 1 is 1.19 bits per heavy atom. The van der Waals surface area contributed by atoms with Gasteiger partial charge in [0.2, 0.25) is 5.88 Å². The summed E-state index contributed by atoms with van der Waals surface area (Å²) in [6.07, 6.45) is 0. The van der Waals surface area contributed by atoms with Gasteiger partial charge in [-0.2, -0.15) is 5.26 Å². The Kier molecular flexibility index (Phi) is 6.02. The summed E-state index contributed by atoms with van der Waals surface area (Å²) in [4.78, 5) is 15.7. The van der Waals surface area contributed by atoms with Gasteiger partial charge in [0.1, 0.15) is 11.0 Å². The minimum atomic E-state index is -0.542. The average molecular weight is 449 g/mol. The van der Waals surface area contributed by atoms with Gasteiger partial charge in [0.25, 0.3) is 0 Å². The number of thiocyanates is 1. The zero-order chi connectivity index (χ0) is 21.8. The third-order valence-corrected chi connectivity index (χ3v) is 6.29. The van der Waals surface area contributed by atoms with Crippen molar-refractivity contribution in [2.45, 2.75) is 11.1 Å². The number of nitrogens with zero attached hydrogens (tertiary/aromatic N) is 3. The molecule has 0 spiro atoms. The molecule has 0 fully saturated rings. The van der Waals surface area contributed by atoms with Crippen LogP contribution in [0.5, 0.6) is 5.88 Å². The number of carbonyl (C=O) groups excluding carboxylic acids is 1. The maximum Gasteiger partial charge on any atom is 0.341 e. The molecule has 0 unspecified atom stereocenters. The van der Waals surface area contributed by atoms with Gasteiger partial charge in [-0.25, -0.2) is 4.79 Å². The first-order valence-electron chi connectivity index (χ1n) is 9.30. The number of H-pyrrole nitrogens is 1. The predicted octanol–water partition coefficient (Wildman–Crippen LogP) is 6.77. The number of benzene rings is 2. The van der Waals surface area contributed by atoms with Crippen molar-refractivity contribution in [3.63, 3.8) is 0 Å². The number of ether oxygens (including phenoxy) is 1. The Balaban J connectivity index is 1.89. The van der Waals surface area contributed by atoms with Crippen LogP contribution < -0.4 is 0 Å². The zero-order valence-electron chi connectivity index (χ0n) is 16.3. The highest BCUT2D eigenvalue weighted by atomic mass is 32.2. The first-order chi connectivity index (χ1) is 15.1. The smallest absolute Gasteiger partial charge is 0.341 e. The number of aromatic hydroxyl groups is 1. The lowest BCUT2D eigenvalue weighted by molar-refractivity contribution is 0.0528. The van der Waals surface area contributed by atoms with Crippen LogP contribution in [-0.4, -0.2) is 22.7 Å². The molecule has 4 rings (SSSR count). The Bertz CT molecular complexity index is 1320. The summed E-state index contributed by atoms with van der Waals surface area (Å²) in [7, 11) is 0. The number of esters is 1. The molecule has 31 heavy (non-hydrogen) atoms. The van der Waals surface area contributed by atoms with Crippen LogP contribution in [0.1, 0.15) is 17.3 Å². The van der Waals surface area contributed by atoms with Crippen molar-refractivity contribution in [2.75, 3.05) is 6.61 Å². The second-order valence-corrected chi connectivity index (χ2v) is 8.34. The number of nitriles is 1. The lowest BCUT2D eigenvalue weighted by Crippen LogP contribution is -2.05. The maximum atomic E-state index is 12.9. The number of nitrogens with one attached hydrogen (secondary N) is 1. The molecule has 0 aliphatic rings. The highest BCUT2D eigenvalue weighted by molar-refractivity contribution is 8.05. The van der Waals surface area contributed by atoms with Crippen LogP contribution >= 0.6 is 23.1 Å². The fourth-order valence-electron chi connectivity index (χ4n) is 3.15. The first kappa shape index (κ1) is 20.7. The molecule has 4 aromatic rings. The number of hydrogen-bond acceptors (Lipinski definition) is 8. The number of aromatic amines is 1. The van der Waals surface area contributed by atoms with Crippen molar-refractivity contribution in [1.82, 2.24) is 4.98 Å². The van der Waals surface area contributed by atoms with Gasteiger partial charge in [-0.05, 0) is 18.6 Å². The van der Waals surface area contributed by atoms with Crippen molar-refractivity contribution < 1.29 is 14.6 Å². The lowest BCUT2D eigenvalue weighted by Gasteiger charge is -2.06. The molecule has 0 aliphatic heterocycles. The lowest BCUT2D eigenvalue weighted by atomic mass is 10.0. The van der Waals surface area contributed by atoms with E-state index in [4.69, 9.17) is 4.74 Å². The molecule has 2 N–H and O–H groups in total. The molecular formula is C22H16N4O3S2. The SMILES string of the molecule is CCOC(=O)c1c(N=Nc2c(O)[nH]c3ccccc23)sc(SC#N)c1-c1ccccc1. The molecule has 0 bridgehead atoms. The van der Waals surface area contributed by atoms with Gasteiger partial charge in [0.15, 0.2) is 10.7 Å². The van der Waals surface area contributed by atoms with Crippen molar-refractivity contribution in [3.8, 4) is 22.4 Å². The second kappa shape index (κ2) is 9.04. The molecule has 0 radical (unpaired) electrons. The van der Waals surface area contributed by atoms with Crippen LogP contribution in [0.25, 0.3) is 22.0 Å². The number of azo groups is 1. The molecule has 0 saturated heterocycles. The maximum absolute atomic E-state index is 12.9. The normalized spacial score (nSPS) is 11.1. The standard InChI is InChI=1S/C22H16N4O3S2/c1-2-29-21(28)17-16(13-8-4-3-5-9-13)22(30-12-23)31-20(17)26-25-18-14-10-6-7-11-15(14)24-19(18)27/h3-11,24,27H,2H2,1H3. The molecule has 2 aromatic heterocycles. The van der Waals surface area contributed by atoms with E-state index in [0.29, 0.717) is 20.2 Å². The number of thiophene rings is 1. The quantitative estimate of drug-likeness (QED) is 0.146. The molecule has 154 valence electrons. The van der Waals surface area contributed by atoms with E-state index in [1.807, 2.05) is 54.6 Å². The fourth-order valence-corrected chi connectivity index (χ4v) is 4.94. The molecular weight excluding hydrogens is 432 g/mol. The number of thioether (sulfide) groups is 1. The van der Waals surface area contributed by atoms with Crippen LogP contribution in [0.2, 0.25) is 0 Å². The number of rotatable bonds is 6. The third kappa shape index (κ3) is 4.03. The topological polar surface area (TPSA) is 111 Å². The number of para-hydroxylation sites is 1. The molecule has 2 heterocycles. The van der Waals surface area contributed by atoms with Gasteiger partial charge in [0.05, 0.1) is 16.3 Å². The summed E-state index contributed by atoms with van der Waals surface area (Å²) in [5.74, 6) is -0.659. The number of hydrogen-bond donors (Lipinski definition) is 2. The summed E-state index contributed by atoms with van der Waals surface area (Å²) < 4.78 is 5.89. The molecule has 0 aliphatic carbocycles. The summed E-state index contributed by atoms with van der Waals surface area (Å²) in [6, 6.07) is 16.6. The monoisotopic (exact) mass is 448 g/mol. The van der Waals surface area contributed by atoms with Crippen molar-refractivity contribution in [2.24, 2.45) is 10.2 Å². The van der Waals surface area contributed by atoms with Crippen LogP contribution in [0.4, 0.5) is 10.7 Å². The van der Waals surface area contributed by atoms with Gasteiger partial charge in [-0.15, -0.1) is 21.6 Å². The van der Waals surface area contributed by atoms with Crippen LogP contribution in [0.15, 0.2) is 69.0 Å². The van der Waals surface area contributed by atoms with Crippen molar-refractivity contribution in [1.29, 1.82) is 5.26 Å². The van der Waals surface area contributed by atoms with Gasteiger partial charge in [-0.3, -0.25) is 0 Å². The predicted molar refractivity (Wildman–Crippen MR) is 121 cm³/mol. The molecule has 7 nitrogen and oxygen atoms in total. The van der Waals surface area contributed by atoms with Gasteiger partial charge < -0.3 is 14.8 Å². The molecule has 9 heteroatoms. The van der Waals surface area contributed by atoms with E-state index in [2.05, 4.69) is 20.6 Å². The Morgan fingerprint density at radius 3 is 2.68 bits per heavy atom. The van der Waals surface area contributed by atoms with Gasteiger partial charge in [0, 0.05) is 22.7 Å². The Hall–Kier alpha value is -3.61. The largest absolute Gasteiger partial charge is 0.493 e. The highest BCUT2D eigenvalue weighted by Gasteiger charge is 2.27. The fraction of sp³-hybridized carbons (Fsp3) is 0.0909. The van der Waals surface area contributed by atoms with E-state index in [9.17, 15) is 15.2 Å².